The minimum atomic E-state index is -0.570. The van der Waals surface area contributed by atoms with Crippen LogP contribution in [0.5, 0.6) is 5.75 Å². The average Bonchev–Trinajstić information content (AvgIpc) is 2.71. The van der Waals surface area contributed by atoms with E-state index in [-0.39, 0.29) is 5.92 Å². The van der Waals surface area contributed by atoms with Gasteiger partial charge in [-0.25, -0.2) is 0 Å². The number of hydrogen-bond acceptors (Lipinski definition) is 3. The third-order valence-corrected chi connectivity index (χ3v) is 4.87. The Hall–Kier alpha value is -2.52. The zero-order valence-electron chi connectivity index (χ0n) is 14.9. The van der Waals surface area contributed by atoms with Crippen molar-refractivity contribution in [2.24, 2.45) is 5.92 Å². The van der Waals surface area contributed by atoms with E-state index in [0.29, 0.717) is 0 Å². The summed E-state index contributed by atoms with van der Waals surface area (Å²) in [6, 6.07) is 18.5. The molecule has 0 bridgehead atoms. The molecular weight excluding hydrogens is 312 g/mol. The Labute approximate surface area is 149 Å². The number of benzene rings is 2. The molecule has 0 aromatic heterocycles. The monoisotopic (exact) mass is 336 g/mol. The predicted molar refractivity (Wildman–Crippen MR) is 99.6 cm³/mol. The van der Waals surface area contributed by atoms with Crippen molar-refractivity contribution in [1.82, 2.24) is 0 Å². The number of methoxy groups -OCH3 is 3. The first-order chi connectivity index (χ1) is 12.2. The summed E-state index contributed by atoms with van der Waals surface area (Å²) in [6.45, 7) is 0. The van der Waals surface area contributed by atoms with Gasteiger partial charge in [-0.3, -0.25) is 0 Å². The van der Waals surface area contributed by atoms with Gasteiger partial charge in [0, 0.05) is 13.0 Å². The van der Waals surface area contributed by atoms with Crippen LogP contribution in [0, 0.1) is 5.92 Å². The summed E-state index contributed by atoms with van der Waals surface area (Å²) in [5.41, 5.74) is 1.66. The molecule has 25 heavy (non-hydrogen) atoms. The number of hydrogen-bond donors (Lipinski definition) is 0. The summed E-state index contributed by atoms with van der Waals surface area (Å²) in [4.78, 5) is 0. The van der Waals surface area contributed by atoms with E-state index in [0.717, 1.165) is 29.1 Å². The third-order valence-electron chi connectivity index (χ3n) is 4.87. The topological polar surface area (TPSA) is 27.7 Å². The molecule has 1 aliphatic rings. The molecule has 2 aromatic rings. The SMILES string of the molecule is COC1=CCC(C(OC)(c2ccccc2)c2ccc(OC)cc2)C=C1. The van der Waals surface area contributed by atoms with Crippen LogP contribution in [0.1, 0.15) is 17.5 Å². The van der Waals surface area contributed by atoms with Crippen molar-refractivity contribution in [2.75, 3.05) is 21.3 Å². The van der Waals surface area contributed by atoms with Crippen LogP contribution in [0.3, 0.4) is 0 Å². The maximum atomic E-state index is 6.23. The summed E-state index contributed by atoms with van der Waals surface area (Å²) >= 11 is 0. The van der Waals surface area contributed by atoms with Crippen LogP contribution >= 0.6 is 0 Å². The predicted octanol–water partition coefficient (Wildman–Crippen LogP) is 4.69. The fourth-order valence-electron chi connectivity index (χ4n) is 3.56. The molecule has 0 fully saturated rings. The molecule has 2 aromatic carbocycles. The van der Waals surface area contributed by atoms with E-state index in [9.17, 15) is 0 Å². The van der Waals surface area contributed by atoms with Gasteiger partial charge in [0.2, 0.25) is 0 Å². The maximum Gasteiger partial charge on any atom is 0.124 e. The van der Waals surface area contributed by atoms with E-state index in [1.807, 2.05) is 24.3 Å². The molecule has 0 aliphatic heterocycles. The lowest BCUT2D eigenvalue weighted by atomic mass is 9.73. The van der Waals surface area contributed by atoms with Gasteiger partial charge in [0.25, 0.3) is 0 Å². The number of rotatable bonds is 6. The van der Waals surface area contributed by atoms with Gasteiger partial charge in [0.05, 0.1) is 14.2 Å². The summed E-state index contributed by atoms with van der Waals surface area (Å²) in [6.07, 6.45) is 7.16. The van der Waals surface area contributed by atoms with E-state index in [1.165, 1.54) is 0 Å². The van der Waals surface area contributed by atoms with Gasteiger partial charge >= 0.3 is 0 Å². The first kappa shape index (κ1) is 17.3. The van der Waals surface area contributed by atoms with Gasteiger partial charge in [-0.1, -0.05) is 48.5 Å². The molecule has 0 saturated heterocycles. The fraction of sp³-hybridized carbons (Fsp3) is 0.273. The Balaban J connectivity index is 2.10. The van der Waals surface area contributed by atoms with Crippen molar-refractivity contribution >= 4 is 0 Å². The Morgan fingerprint density at radius 2 is 1.52 bits per heavy atom. The first-order valence-electron chi connectivity index (χ1n) is 8.42. The highest BCUT2D eigenvalue weighted by molar-refractivity contribution is 5.42. The van der Waals surface area contributed by atoms with Crippen molar-refractivity contribution < 1.29 is 14.2 Å². The van der Waals surface area contributed by atoms with Crippen molar-refractivity contribution in [1.29, 1.82) is 0 Å². The van der Waals surface area contributed by atoms with Gasteiger partial charge in [-0.05, 0) is 41.8 Å². The lowest BCUT2D eigenvalue weighted by molar-refractivity contribution is -0.0137. The van der Waals surface area contributed by atoms with E-state index in [2.05, 4.69) is 48.6 Å². The van der Waals surface area contributed by atoms with E-state index < -0.39 is 5.60 Å². The molecule has 3 heteroatoms. The molecule has 0 saturated carbocycles. The highest BCUT2D eigenvalue weighted by atomic mass is 16.5. The second-order valence-electron chi connectivity index (χ2n) is 6.05. The van der Waals surface area contributed by atoms with Crippen molar-refractivity contribution in [3.63, 3.8) is 0 Å². The highest BCUT2D eigenvalue weighted by Crippen LogP contribution is 2.44. The molecule has 0 radical (unpaired) electrons. The van der Waals surface area contributed by atoms with Crippen LogP contribution in [-0.4, -0.2) is 21.3 Å². The van der Waals surface area contributed by atoms with Gasteiger partial charge in [0.1, 0.15) is 17.1 Å². The number of allylic oxidation sites excluding steroid dienone is 2. The summed E-state index contributed by atoms with van der Waals surface area (Å²) in [7, 11) is 5.15. The van der Waals surface area contributed by atoms with Crippen LogP contribution in [0.4, 0.5) is 0 Å². The molecule has 0 amide bonds. The smallest absolute Gasteiger partial charge is 0.124 e. The first-order valence-corrected chi connectivity index (χ1v) is 8.42. The van der Waals surface area contributed by atoms with Crippen molar-refractivity contribution in [3.05, 3.63) is 89.7 Å². The summed E-state index contributed by atoms with van der Waals surface area (Å²) in [5.74, 6) is 1.89. The molecule has 130 valence electrons. The van der Waals surface area contributed by atoms with Crippen LogP contribution in [0.2, 0.25) is 0 Å². The Morgan fingerprint density at radius 1 is 0.840 bits per heavy atom. The Morgan fingerprint density at radius 3 is 2.04 bits per heavy atom. The van der Waals surface area contributed by atoms with Gasteiger partial charge in [0.15, 0.2) is 0 Å². The lowest BCUT2D eigenvalue weighted by Crippen LogP contribution is -2.38. The minimum absolute atomic E-state index is 0.159. The van der Waals surface area contributed by atoms with Crippen LogP contribution in [0.25, 0.3) is 0 Å². The molecule has 1 aliphatic carbocycles. The van der Waals surface area contributed by atoms with Gasteiger partial charge in [-0.15, -0.1) is 0 Å². The molecule has 0 N–H and O–H groups in total. The maximum absolute atomic E-state index is 6.23. The zero-order valence-corrected chi connectivity index (χ0v) is 14.9. The molecule has 2 unspecified atom stereocenters. The Kier molecular flexibility index (Phi) is 5.25. The van der Waals surface area contributed by atoms with Crippen LogP contribution < -0.4 is 4.74 Å². The van der Waals surface area contributed by atoms with E-state index in [4.69, 9.17) is 14.2 Å². The van der Waals surface area contributed by atoms with Crippen molar-refractivity contribution in [2.45, 2.75) is 12.0 Å². The largest absolute Gasteiger partial charge is 0.497 e. The lowest BCUT2D eigenvalue weighted by Gasteiger charge is -2.40. The molecular formula is C22H24O3. The van der Waals surface area contributed by atoms with Crippen LogP contribution in [-0.2, 0) is 15.1 Å². The second-order valence-corrected chi connectivity index (χ2v) is 6.05. The molecule has 3 rings (SSSR count). The molecule has 3 nitrogen and oxygen atoms in total. The van der Waals surface area contributed by atoms with Gasteiger partial charge in [-0.2, -0.15) is 0 Å². The Bertz CT molecular complexity index is 747. The second kappa shape index (κ2) is 7.58. The standard InChI is InChI=1S/C22H24O3/c1-23-20-13-9-18(10-14-20)22(25-3,17-7-5-4-6-8-17)19-11-15-21(24-2)16-12-19/h4-11,13-16,19H,12H2,1-3H3. The van der Waals surface area contributed by atoms with Crippen LogP contribution in [0.15, 0.2) is 78.6 Å². The quantitative estimate of drug-likeness (QED) is 0.766. The van der Waals surface area contributed by atoms with Crippen molar-refractivity contribution in [3.8, 4) is 5.75 Å². The number of ether oxygens (including phenoxy) is 3. The molecule has 2 atom stereocenters. The van der Waals surface area contributed by atoms with E-state index >= 15 is 0 Å². The third kappa shape index (κ3) is 3.20. The normalized spacial score (nSPS) is 19.0. The molecule has 0 heterocycles. The fourth-order valence-corrected chi connectivity index (χ4v) is 3.56. The average molecular weight is 336 g/mol. The summed E-state index contributed by atoms with van der Waals surface area (Å²) < 4.78 is 16.9. The summed E-state index contributed by atoms with van der Waals surface area (Å²) in [5, 5.41) is 0. The van der Waals surface area contributed by atoms with E-state index in [1.54, 1.807) is 21.3 Å². The minimum Gasteiger partial charge on any atom is -0.497 e. The highest BCUT2D eigenvalue weighted by Gasteiger charge is 2.41. The zero-order chi connectivity index (χ0) is 17.7. The van der Waals surface area contributed by atoms with Gasteiger partial charge < -0.3 is 14.2 Å². The molecule has 0 spiro atoms.